The van der Waals surface area contributed by atoms with Crippen LogP contribution < -0.4 is 10.6 Å². The molecule has 2 heterocycles. The Balaban J connectivity index is 1.12. The molecule has 2 N–H and O–H groups in total. The summed E-state index contributed by atoms with van der Waals surface area (Å²) >= 11 is 6.08. The zero-order valence-corrected chi connectivity index (χ0v) is 20.2. The van der Waals surface area contributed by atoms with Gasteiger partial charge in [-0.1, -0.05) is 54.6 Å². The Morgan fingerprint density at radius 1 is 0.886 bits per heavy atom. The van der Waals surface area contributed by atoms with E-state index < -0.39 is 0 Å². The summed E-state index contributed by atoms with van der Waals surface area (Å²) in [6, 6.07) is 26.2. The van der Waals surface area contributed by atoms with Crippen molar-refractivity contribution in [3.8, 4) is 0 Å². The Morgan fingerprint density at radius 3 is 2.37 bits per heavy atom. The standard InChI is InChI=1S/C28H28ClN5O/c29-28-32-25-9-5-4-8-24(25)26(33-28)30-18-20-10-12-23(13-11-20)31-27(35)22-14-16-34(17-15-22)19-21-6-2-1-3-7-21/h1-13,22H,14-19H2,(H,31,35)(H,30,32,33). The summed E-state index contributed by atoms with van der Waals surface area (Å²) in [5.74, 6) is 0.869. The molecule has 6 nitrogen and oxygen atoms in total. The van der Waals surface area contributed by atoms with Gasteiger partial charge >= 0.3 is 0 Å². The molecule has 0 aliphatic carbocycles. The van der Waals surface area contributed by atoms with Gasteiger partial charge in [0.05, 0.1) is 5.52 Å². The van der Waals surface area contributed by atoms with E-state index in [1.54, 1.807) is 0 Å². The first-order chi connectivity index (χ1) is 17.1. The number of nitrogens with one attached hydrogen (secondary N) is 2. The third kappa shape index (κ3) is 5.96. The normalized spacial score (nSPS) is 14.7. The summed E-state index contributed by atoms with van der Waals surface area (Å²) in [5, 5.41) is 7.59. The number of hydrogen-bond donors (Lipinski definition) is 2. The third-order valence-electron chi connectivity index (χ3n) is 6.46. The fraction of sp³-hybridized carbons (Fsp3) is 0.250. The first-order valence-corrected chi connectivity index (χ1v) is 12.3. The Kier molecular flexibility index (Phi) is 7.21. The van der Waals surface area contributed by atoms with Crippen LogP contribution in [0.15, 0.2) is 78.9 Å². The predicted octanol–water partition coefficient (Wildman–Crippen LogP) is 5.75. The van der Waals surface area contributed by atoms with E-state index >= 15 is 0 Å². The van der Waals surface area contributed by atoms with Gasteiger partial charge in [-0.25, -0.2) is 9.97 Å². The number of carbonyl (C=O) groups is 1. The Morgan fingerprint density at radius 2 is 1.60 bits per heavy atom. The highest BCUT2D eigenvalue weighted by Crippen LogP contribution is 2.24. The number of benzene rings is 3. The highest BCUT2D eigenvalue weighted by atomic mass is 35.5. The van der Waals surface area contributed by atoms with Gasteiger partial charge in [0.15, 0.2) is 0 Å². The second-order valence-electron chi connectivity index (χ2n) is 8.93. The molecule has 0 atom stereocenters. The van der Waals surface area contributed by atoms with Crippen LogP contribution in [0.5, 0.6) is 0 Å². The topological polar surface area (TPSA) is 70.1 Å². The van der Waals surface area contributed by atoms with Gasteiger partial charge in [-0.2, -0.15) is 0 Å². The summed E-state index contributed by atoms with van der Waals surface area (Å²) in [4.78, 5) is 23.8. The van der Waals surface area contributed by atoms with Gasteiger partial charge in [0.1, 0.15) is 5.82 Å². The minimum Gasteiger partial charge on any atom is -0.365 e. The lowest BCUT2D eigenvalue weighted by atomic mass is 9.95. The molecule has 4 aromatic rings. The number of para-hydroxylation sites is 1. The molecule has 3 aromatic carbocycles. The van der Waals surface area contributed by atoms with E-state index in [1.807, 2.05) is 54.6 Å². The molecule has 1 aliphatic rings. The van der Waals surface area contributed by atoms with Crippen LogP contribution in [0.1, 0.15) is 24.0 Å². The summed E-state index contributed by atoms with van der Waals surface area (Å²) in [7, 11) is 0. The lowest BCUT2D eigenvalue weighted by molar-refractivity contribution is -0.121. The molecule has 0 saturated carbocycles. The molecular formula is C28H28ClN5O. The van der Waals surface area contributed by atoms with E-state index in [1.165, 1.54) is 5.56 Å². The number of piperidine rings is 1. The SMILES string of the molecule is O=C(Nc1ccc(CNc2nc(Cl)nc3ccccc23)cc1)C1CCN(Cc2ccccc2)CC1. The summed E-state index contributed by atoms with van der Waals surface area (Å²) in [6.45, 7) is 3.42. The first-order valence-electron chi connectivity index (χ1n) is 12.0. The Labute approximate surface area is 210 Å². The van der Waals surface area contributed by atoms with Crippen LogP contribution in [-0.2, 0) is 17.9 Å². The van der Waals surface area contributed by atoms with E-state index in [0.717, 1.165) is 54.6 Å². The van der Waals surface area contributed by atoms with Crippen molar-refractivity contribution in [1.29, 1.82) is 0 Å². The minimum absolute atomic E-state index is 0.0548. The molecule has 35 heavy (non-hydrogen) atoms. The number of amides is 1. The molecule has 178 valence electrons. The smallest absolute Gasteiger partial charge is 0.227 e. The van der Waals surface area contributed by atoms with Crippen LogP contribution in [0.2, 0.25) is 5.28 Å². The van der Waals surface area contributed by atoms with Crippen LogP contribution in [0.3, 0.4) is 0 Å². The number of carbonyl (C=O) groups excluding carboxylic acids is 1. The van der Waals surface area contributed by atoms with Crippen molar-refractivity contribution < 1.29 is 4.79 Å². The molecule has 1 fully saturated rings. The highest BCUT2D eigenvalue weighted by Gasteiger charge is 2.25. The maximum atomic E-state index is 12.8. The van der Waals surface area contributed by atoms with Gasteiger partial charge in [0, 0.05) is 30.1 Å². The quantitative estimate of drug-likeness (QED) is 0.326. The van der Waals surface area contributed by atoms with Gasteiger partial charge < -0.3 is 10.6 Å². The van der Waals surface area contributed by atoms with Crippen LogP contribution in [0.25, 0.3) is 10.9 Å². The molecule has 1 aliphatic heterocycles. The van der Waals surface area contributed by atoms with Gasteiger partial charge in [-0.3, -0.25) is 9.69 Å². The lowest BCUT2D eigenvalue weighted by Gasteiger charge is -2.31. The van der Waals surface area contributed by atoms with Crippen molar-refractivity contribution in [3.05, 3.63) is 95.3 Å². The van der Waals surface area contributed by atoms with Gasteiger partial charge in [-0.15, -0.1) is 0 Å². The van der Waals surface area contributed by atoms with Crippen molar-refractivity contribution in [2.45, 2.75) is 25.9 Å². The Hall–Kier alpha value is -3.48. The zero-order chi connectivity index (χ0) is 24.0. The number of likely N-dealkylation sites (tertiary alicyclic amines) is 1. The van der Waals surface area contributed by atoms with E-state index in [0.29, 0.717) is 12.4 Å². The molecular weight excluding hydrogens is 458 g/mol. The number of fused-ring (bicyclic) bond motifs is 1. The van der Waals surface area contributed by atoms with Crippen LogP contribution in [-0.4, -0.2) is 33.9 Å². The molecule has 1 aromatic heterocycles. The average Bonchev–Trinajstić information content (AvgIpc) is 2.89. The van der Waals surface area contributed by atoms with E-state index in [-0.39, 0.29) is 17.1 Å². The van der Waals surface area contributed by atoms with Crippen molar-refractivity contribution in [1.82, 2.24) is 14.9 Å². The maximum absolute atomic E-state index is 12.8. The summed E-state index contributed by atoms with van der Waals surface area (Å²) < 4.78 is 0. The highest BCUT2D eigenvalue weighted by molar-refractivity contribution is 6.28. The van der Waals surface area contributed by atoms with Crippen LogP contribution in [0.4, 0.5) is 11.5 Å². The van der Waals surface area contributed by atoms with E-state index in [2.05, 4.69) is 49.8 Å². The minimum atomic E-state index is 0.0548. The van der Waals surface area contributed by atoms with E-state index in [4.69, 9.17) is 11.6 Å². The molecule has 1 amide bonds. The number of rotatable bonds is 7. The number of hydrogen-bond acceptors (Lipinski definition) is 5. The van der Waals surface area contributed by atoms with Crippen molar-refractivity contribution in [2.24, 2.45) is 5.92 Å². The Bertz CT molecular complexity index is 1290. The van der Waals surface area contributed by atoms with Crippen molar-refractivity contribution in [3.63, 3.8) is 0 Å². The van der Waals surface area contributed by atoms with Crippen LogP contribution >= 0.6 is 11.6 Å². The first kappa shape index (κ1) is 23.3. The monoisotopic (exact) mass is 485 g/mol. The number of anilines is 2. The molecule has 0 radical (unpaired) electrons. The third-order valence-corrected chi connectivity index (χ3v) is 6.63. The van der Waals surface area contributed by atoms with Gasteiger partial charge in [-0.05, 0) is 72.9 Å². The molecule has 0 bridgehead atoms. The van der Waals surface area contributed by atoms with E-state index in [9.17, 15) is 4.79 Å². The predicted molar refractivity (Wildman–Crippen MR) is 141 cm³/mol. The second kappa shape index (κ2) is 10.8. The lowest BCUT2D eigenvalue weighted by Crippen LogP contribution is -2.37. The number of aromatic nitrogens is 2. The number of nitrogens with zero attached hydrogens (tertiary/aromatic N) is 3. The number of halogens is 1. The van der Waals surface area contributed by atoms with Crippen molar-refractivity contribution >= 4 is 39.9 Å². The molecule has 0 unspecified atom stereocenters. The van der Waals surface area contributed by atoms with Crippen molar-refractivity contribution in [2.75, 3.05) is 23.7 Å². The fourth-order valence-corrected chi connectivity index (χ4v) is 4.69. The molecule has 7 heteroatoms. The van der Waals surface area contributed by atoms with Gasteiger partial charge in [0.25, 0.3) is 0 Å². The molecule has 1 saturated heterocycles. The maximum Gasteiger partial charge on any atom is 0.227 e. The summed E-state index contributed by atoms with van der Waals surface area (Å²) in [5.41, 5.74) is 4.02. The molecule has 0 spiro atoms. The zero-order valence-electron chi connectivity index (χ0n) is 19.5. The largest absolute Gasteiger partial charge is 0.365 e. The molecule has 5 rings (SSSR count). The summed E-state index contributed by atoms with van der Waals surface area (Å²) in [6.07, 6.45) is 1.77. The van der Waals surface area contributed by atoms with Crippen LogP contribution in [0, 0.1) is 5.92 Å². The average molecular weight is 486 g/mol. The second-order valence-corrected chi connectivity index (χ2v) is 9.27. The fourth-order valence-electron chi connectivity index (χ4n) is 4.51. The van der Waals surface area contributed by atoms with Gasteiger partial charge in [0.2, 0.25) is 11.2 Å².